The molecule has 47 heavy (non-hydrogen) atoms. The second-order valence-electron chi connectivity index (χ2n) is 12.6. The fourth-order valence-corrected chi connectivity index (χ4v) is 7.47. The number of aromatic nitrogens is 1. The van der Waals surface area contributed by atoms with E-state index < -0.39 is 6.10 Å². The van der Waals surface area contributed by atoms with E-state index in [0.29, 0.717) is 61.6 Å². The van der Waals surface area contributed by atoms with Crippen LogP contribution in [-0.4, -0.2) is 89.0 Å². The summed E-state index contributed by atoms with van der Waals surface area (Å²) < 4.78 is 12.9. The number of hydrogen-bond donors (Lipinski definition) is 4. The highest BCUT2D eigenvalue weighted by atomic mass is 32.1. The standard InChI is InChI=1S/C36H44N4O6S/c41-30-14-13-29(34-33(30)38-35(44)47-34)31(42)24-37-23-27-9-11-28(12-10-27)45-21-19-39-17-15-36(16-18-39)25-40(20-22-46-36)32(43)8-4-7-26-5-2-1-3-6-26/h1-3,5-6,9-14,31,37,41-42H,4,7-8,15-25H2,(H,38,44). The highest BCUT2D eigenvalue weighted by Crippen LogP contribution is 2.32. The quantitative estimate of drug-likeness (QED) is 0.168. The number of amides is 1. The van der Waals surface area contributed by atoms with Crippen molar-refractivity contribution in [3.8, 4) is 11.5 Å². The Hall–Kier alpha value is -3.74. The highest BCUT2D eigenvalue weighted by Gasteiger charge is 2.40. The number of H-pyrrole nitrogens is 1. The third-order valence-electron chi connectivity index (χ3n) is 9.28. The number of fused-ring (bicyclic) bond motifs is 1. The van der Waals surface area contributed by atoms with Gasteiger partial charge in [-0.15, -0.1) is 0 Å². The molecular weight excluding hydrogens is 616 g/mol. The molecule has 6 rings (SSSR count). The molecule has 3 heterocycles. The zero-order valence-corrected chi connectivity index (χ0v) is 27.5. The van der Waals surface area contributed by atoms with Crippen molar-refractivity contribution in [2.24, 2.45) is 0 Å². The predicted molar refractivity (Wildman–Crippen MR) is 183 cm³/mol. The SMILES string of the molecule is O=C(CCCc1ccccc1)N1CCOC2(CCN(CCOc3ccc(CNCC(O)c4ccc(O)c5[nH]c(=O)sc45)cc3)CC2)C1. The molecule has 4 aromatic rings. The molecule has 250 valence electrons. The molecule has 0 aliphatic carbocycles. The van der Waals surface area contributed by atoms with Crippen LogP contribution in [0.3, 0.4) is 0 Å². The van der Waals surface area contributed by atoms with Crippen molar-refractivity contribution in [2.75, 3.05) is 52.5 Å². The van der Waals surface area contributed by atoms with Gasteiger partial charge in [-0.05, 0) is 55.0 Å². The first-order valence-corrected chi connectivity index (χ1v) is 17.3. The summed E-state index contributed by atoms with van der Waals surface area (Å²) in [5.74, 6) is 1.05. The van der Waals surface area contributed by atoms with Crippen LogP contribution in [0.4, 0.5) is 0 Å². The molecule has 1 spiro atoms. The summed E-state index contributed by atoms with van der Waals surface area (Å²) >= 11 is 0.981. The molecule has 1 aromatic heterocycles. The van der Waals surface area contributed by atoms with Gasteiger partial charge in [0.25, 0.3) is 0 Å². The summed E-state index contributed by atoms with van der Waals surface area (Å²) in [5, 5.41) is 24.0. The molecule has 2 aliphatic rings. The molecule has 4 N–H and O–H groups in total. The number of thiazole rings is 1. The van der Waals surface area contributed by atoms with E-state index in [9.17, 15) is 19.8 Å². The third kappa shape index (κ3) is 8.60. The van der Waals surface area contributed by atoms with E-state index in [1.807, 2.05) is 47.4 Å². The summed E-state index contributed by atoms with van der Waals surface area (Å²) in [6.07, 6.45) is 3.40. The number of morpholine rings is 1. The lowest BCUT2D eigenvalue weighted by Crippen LogP contribution is -2.58. The average molecular weight is 661 g/mol. The van der Waals surface area contributed by atoms with Crippen LogP contribution in [0.25, 0.3) is 10.2 Å². The van der Waals surface area contributed by atoms with Crippen molar-refractivity contribution in [3.05, 3.63) is 93.1 Å². The lowest BCUT2D eigenvalue weighted by atomic mass is 9.89. The van der Waals surface area contributed by atoms with E-state index in [-0.39, 0.29) is 22.1 Å². The molecule has 2 fully saturated rings. The number of ether oxygens (including phenoxy) is 2. The Balaban J connectivity index is 0.877. The molecule has 2 saturated heterocycles. The van der Waals surface area contributed by atoms with Crippen LogP contribution in [0.2, 0.25) is 0 Å². The predicted octanol–water partition coefficient (Wildman–Crippen LogP) is 4.21. The molecule has 1 atom stereocenters. The van der Waals surface area contributed by atoms with Crippen molar-refractivity contribution in [1.29, 1.82) is 0 Å². The number of phenols is 1. The Morgan fingerprint density at radius 1 is 1.04 bits per heavy atom. The number of carbonyl (C=O) groups excluding carboxylic acids is 1. The number of aryl methyl sites for hydroxylation is 1. The summed E-state index contributed by atoms with van der Waals surface area (Å²) in [6, 6.07) is 21.4. The third-order valence-corrected chi connectivity index (χ3v) is 10.2. The van der Waals surface area contributed by atoms with E-state index in [1.165, 1.54) is 11.6 Å². The van der Waals surface area contributed by atoms with Gasteiger partial charge in [-0.3, -0.25) is 14.5 Å². The fourth-order valence-electron chi connectivity index (χ4n) is 6.55. The van der Waals surface area contributed by atoms with E-state index in [2.05, 4.69) is 27.3 Å². The van der Waals surface area contributed by atoms with Gasteiger partial charge in [0, 0.05) is 57.8 Å². The van der Waals surface area contributed by atoms with E-state index in [4.69, 9.17) is 9.47 Å². The van der Waals surface area contributed by atoms with Crippen LogP contribution >= 0.6 is 11.3 Å². The summed E-state index contributed by atoms with van der Waals surface area (Å²) in [5.41, 5.74) is 3.07. The largest absolute Gasteiger partial charge is 0.506 e. The van der Waals surface area contributed by atoms with Crippen molar-refractivity contribution in [2.45, 2.75) is 50.4 Å². The van der Waals surface area contributed by atoms with Gasteiger partial charge in [-0.1, -0.05) is 59.9 Å². The number of nitrogens with one attached hydrogen (secondary N) is 2. The fraction of sp³-hybridized carbons (Fsp3) is 0.444. The van der Waals surface area contributed by atoms with Crippen LogP contribution in [0.15, 0.2) is 71.5 Å². The summed E-state index contributed by atoms with van der Waals surface area (Å²) in [7, 11) is 0. The van der Waals surface area contributed by atoms with Crippen molar-refractivity contribution >= 4 is 27.5 Å². The summed E-state index contributed by atoms with van der Waals surface area (Å²) in [6.45, 7) is 6.13. The van der Waals surface area contributed by atoms with Gasteiger partial charge in [0.2, 0.25) is 5.91 Å². The van der Waals surface area contributed by atoms with Crippen molar-refractivity contribution in [3.63, 3.8) is 0 Å². The lowest BCUT2D eigenvalue weighted by Gasteiger charge is -2.47. The molecule has 1 amide bonds. The molecule has 3 aromatic carbocycles. The van der Waals surface area contributed by atoms with Crippen LogP contribution in [0.1, 0.15) is 48.5 Å². The molecule has 11 heteroatoms. The zero-order chi connectivity index (χ0) is 32.6. The number of rotatable bonds is 13. The minimum atomic E-state index is -0.821. The lowest BCUT2D eigenvalue weighted by molar-refractivity contribution is -0.159. The number of hydrogen-bond acceptors (Lipinski definition) is 9. The topological polar surface area (TPSA) is 127 Å². The minimum Gasteiger partial charge on any atom is -0.506 e. The Morgan fingerprint density at radius 2 is 1.83 bits per heavy atom. The van der Waals surface area contributed by atoms with E-state index >= 15 is 0 Å². The average Bonchev–Trinajstić information content (AvgIpc) is 3.49. The van der Waals surface area contributed by atoms with Gasteiger partial charge < -0.3 is 34.9 Å². The maximum atomic E-state index is 13.0. The first-order chi connectivity index (χ1) is 22.9. The molecular formula is C36H44N4O6S. The Labute approximate surface area is 278 Å². The Bertz CT molecular complexity index is 1670. The number of likely N-dealkylation sites (tertiary alicyclic amines) is 1. The maximum Gasteiger partial charge on any atom is 0.305 e. The van der Waals surface area contributed by atoms with E-state index in [0.717, 1.165) is 68.0 Å². The molecule has 0 radical (unpaired) electrons. The molecule has 2 aliphatic heterocycles. The molecule has 10 nitrogen and oxygen atoms in total. The number of nitrogens with zero attached hydrogens (tertiary/aromatic N) is 2. The number of aromatic hydroxyl groups is 1. The molecule has 1 unspecified atom stereocenters. The first-order valence-electron chi connectivity index (χ1n) is 16.5. The number of piperidine rings is 1. The molecule has 0 bridgehead atoms. The monoisotopic (exact) mass is 660 g/mol. The second kappa shape index (κ2) is 15.4. The number of aliphatic hydroxyl groups is 1. The number of aromatic amines is 1. The van der Waals surface area contributed by atoms with Crippen LogP contribution < -0.4 is 14.9 Å². The highest BCUT2D eigenvalue weighted by molar-refractivity contribution is 7.16. The smallest absolute Gasteiger partial charge is 0.305 e. The van der Waals surface area contributed by atoms with E-state index in [1.54, 1.807) is 6.07 Å². The van der Waals surface area contributed by atoms with Gasteiger partial charge in [0.15, 0.2) is 0 Å². The summed E-state index contributed by atoms with van der Waals surface area (Å²) in [4.78, 5) is 31.5. The second-order valence-corrected chi connectivity index (χ2v) is 13.5. The van der Waals surface area contributed by atoms with Gasteiger partial charge in [0.05, 0.1) is 23.0 Å². The van der Waals surface area contributed by atoms with Crippen molar-refractivity contribution < 1.29 is 24.5 Å². The Kier molecular flexibility index (Phi) is 10.9. The first kappa shape index (κ1) is 33.2. The Morgan fingerprint density at radius 3 is 2.62 bits per heavy atom. The van der Waals surface area contributed by atoms with Gasteiger partial charge >= 0.3 is 4.87 Å². The van der Waals surface area contributed by atoms with Crippen LogP contribution in [-0.2, 0) is 22.5 Å². The normalized spacial score (nSPS) is 17.3. The number of benzene rings is 3. The van der Waals surface area contributed by atoms with Gasteiger partial charge in [-0.25, -0.2) is 0 Å². The van der Waals surface area contributed by atoms with Crippen LogP contribution in [0, 0.1) is 0 Å². The zero-order valence-electron chi connectivity index (χ0n) is 26.7. The minimum absolute atomic E-state index is 0.00516. The number of phenolic OH excluding ortho intramolecular Hbond substituents is 1. The molecule has 0 saturated carbocycles. The van der Waals surface area contributed by atoms with Gasteiger partial charge in [0.1, 0.15) is 23.6 Å². The maximum absolute atomic E-state index is 13.0. The van der Waals surface area contributed by atoms with Crippen LogP contribution in [0.5, 0.6) is 11.5 Å². The van der Waals surface area contributed by atoms with Gasteiger partial charge in [-0.2, -0.15) is 0 Å². The number of carbonyl (C=O) groups is 1. The number of aliphatic hydroxyl groups excluding tert-OH is 1. The van der Waals surface area contributed by atoms with Crippen molar-refractivity contribution in [1.82, 2.24) is 20.1 Å².